The Kier molecular flexibility index (Phi) is 3.76. The molecule has 0 aromatic carbocycles. The van der Waals surface area contributed by atoms with Crippen LogP contribution in [0.15, 0.2) is 17.8 Å². The normalized spacial score (nSPS) is 21.1. The number of hydrogen-bond acceptors (Lipinski definition) is 5. The summed E-state index contributed by atoms with van der Waals surface area (Å²) < 4.78 is 8.39. The van der Waals surface area contributed by atoms with Crippen LogP contribution in [-0.2, 0) is 23.3 Å². The third-order valence-corrected chi connectivity index (χ3v) is 6.05. The van der Waals surface area contributed by atoms with Crippen molar-refractivity contribution < 1.29 is 4.74 Å². The van der Waals surface area contributed by atoms with Gasteiger partial charge in [-0.25, -0.2) is 0 Å². The Balaban J connectivity index is 1.38. The van der Waals surface area contributed by atoms with Gasteiger partial charge in [0.05, 0.1) is 12.2 Å². The molecule has 0 N–H and O–H groups in total. The van der Waals surface area contributed by atoms with E-state index in [1.165, 1.54) is 5.56 Å². The van der Waals surface area contributed by atoms with Crippen molar-refractivity contribution in [1.82, 2.24) is 19.7 Å². The molecule has 2 aliphatic heterocycles. The van der Waals surface area contributed by atoms with Gasteiger partial charge in [0.25, 0.3) is 0 Å². The molecule has 1 saturated heterocycles. The maximum absolute atomic E-state index is 6.26. The van der Waals surface area contributed by atoms with Gasteiger partial charge in [-0.2, -0.15) is 0 Å². The lowest BCUT2D eigenvalue weighted by atomic mass is 9.82. The molecular formula is C16H22N4OS. The van der Waals surface area contributed by atoms with Gasteiger partial charge in [-0.3, -0.25) is 0 Å². The minimum atomic E-state index is -0.00341. The van der Waals surface area contributed by atoms with Crippen LogP contribution >= 0.6 is 11.3 Å². The molecule has 0 radical (unpaired) electrons. The Morgan fingerprint density at radius 2 is 2.18 bits per heavy atom. The Bertz CT molecular complexity index is 642. The molecule has 0 amide bonds. The average Bonchev–Trinajstić information content (AvgIpc) is 3.17. The monoisotopic (exact) mass is 318 g/mol. The second kappa shape index (κ2) is 5.76. The van der Waals surface area contributed by atoms with Gasteiger partial charge in [0.1, 0.15) is 12.2 Å². The van der Waals surface area contributed by atoms with Gasteiger partial charge >= 0.3 is 0 Å². The molecule has 0 unspecified atom stereocenters. The van der Waals surface area contributed by atoms with Crippen molar-refractivity contribution in [3.05, 3.63) is 34.0 Å². The van der Waals surface area contributed by atoms with Crippen molar-refractivity contribution in [2.24, 2.45) is 0 Å². The van der Waals surface area contributed by atoms with E-state index in [0.717, 1.165) is 57.9 Å². The van der Waals surface area contributed by atoms with Gasteiger partial charge in [-0.1, -0.05) is 0 Å². The van der Waals surface area contributed by atoms with Crippen molar-refractivity contribution in [3.63, 3.8) is 0 Å². The van der Waals surface area contributed by atoms with E-state index in [1.807, 2.05) is 24.6 Å². The number of nitrogens with zero attached hydrogens (tertiary/aromatic N) is 4. The molecule has 4 rings (SSSR count). The molecular weight excluding hydrogens is 296 g/mol. The first kappa shape index (κ1) is 14.4. The smallest absolute Gasteiger partial charge is 0.129 e. The molecule has 22 heavy (non-hydrogen) atoms. The summed E-state index contributed by atoms with van der Waals surface area (Å²) >= 11 is 1.89. The summed E-state index contributed by atoms with van der Waals surface area (Å²) in [6.07, 6.45) is 5.13. The van der Waals surface area contributed by atoms with Crippen LogP contribution in [0.5, 0.6) is 0 Å². The molecule has 0 saturated carbocycles. The van der Waals surface area contributed by atoms with Crippen LogP contribution in [-0.4, -0.2) is 45.9 Å². The fourth-order valence-electron chi connectivity index (χ4n) is 3.69. The molecule has 4 heterocycles. The summed E-state index contributed by atoms with van der Waals surface area (Å²) in [5, 5.41) is 10.2. The van der Waals surface area contributed by atoms with Crippen molar-refractivity contribution in [1.29, 1.82) is 0 Å². The molecule has 5 nitrogen and oxygen atoms in total. The SMILES string of the molecule is Cc1nncn1CCN1CCC2(CC1)OCCc1sccc12. The van der Waals surface area contributed by atoms with Crippen LogP contribution in [0.3, 0.4) is 0 Å². The maximum atomic E-state index is 6.26. The Labute approximate surface area is 134 Å². The highest BCUT2D eigenvalue weighted by Crippen LogP contribution is 2.43. The molecule has 1 spiro atoms. The number of fused-ring (bicyclic) bond motifs is 2. The zero-order valence-electron chi connectivity index (χ0n) is 13.0. The number of aryl methyl sites for hydroxylation is 1. The van der Waals surface area contributed by atoms with Gasteiger partial charge in [-0.15, -0.1) is 21.5 Å². The van der Waals surface area contributed by atoms with Crippen molar-refractivity contribution >= 4 is 11.3 Å². The molecule has 118 valence electrons. The van der Waals surface area contributed by atoms with Gasteiger partial charge in [0, 0.05) is 37.5 Å². The van der Waals surface area contributed by atoms with E-state index in [0.29, 0.717) is 0 Å². The van der Waals surface area contributed by atoms with Crippen molar-refractivity contribution in [2.75, 3.05) is 26.2 Å². The summed E-state index contributed by atoms with van der Waals surface area (Å²) in [4.78, 5) is 4.08. The van der Waals surface area contributed by atoms with Crippen LogP contribution < -0.4 is 0 Å². The minimum absolute atomic E-state index is 0.00341. The molecule has 2 aromatic rings. The van der Waals surface area contributed by atoms with Crippen LogP contribution in [0.1, 0.15) is 29.1 Å². The Morgan fingerprint density at radius 1 is 1.32 bits per heavy atom. The molecule has 0 bridgehead atoms. The number of ether oxygens (including phenoxy) is 1. The van der Waals surface area contributed by atoms with E-state index in [4.69, 9.17) is 4.74 Å². The fourth-order valence-corrected chi connectivity index (χ4v) is 4.64. The standard InChI is InChI=1S/C16H22N4OS/c1-13-18-17-12-20(13)9-8-19-6-4-16(5-7-19)14-3-11-22-15(14)2-10-21-16/h3,11-12H,2,4-10H2,1H3. The number of hydrogen-bond donors (Lipinski definition) is 0. The lowest BCUT2D eigenvalue weighted by Gasteiger charge is -2.44. The Hall–Kier alpha value is -1.24. The van der Waals surface area contributed by atoms with Crippen LogP contribution in [0.4, 0.5) is 0 Å². The third kappa shape index (κ3) is 2.49. The minimum Gasteiger partial charge on any atom is -0.370 e. The van der Waals surface area contributed by atoms with E-state index < -0.39 is 0 Å². The second-order valence-corrected chi connectivity index (χ2v) is 7.26. The molecule has 2 aliphatic rings. The van der Waals surface area contributed by atoms with Crippen LogP contribution in [0, 0.1) is 6.92 Å². The van der Waals surface area contributed by atoms with E-state index in [1.54, 1.807) is 4.88 Å². The molecule has 1 fully saturated rings. The highest BCUT2D eigenvalue weighted by Gasteiger charge is 2.41. The predicted octanol–water partition coefficient (Wildman–Crippen LogP) is 2.21. The first-order valence-corrected chi connectivity index (χ1v) is 8.92. The summed E-state index contributed by atoms with van der Waals surface area (Å²) in [6, 6.07) is 2.29. The summed E-state index contributed by atoms with van der Waals surface area (Å²) in [5.41, 5.74) is 1.47. The summed E-state index contributed by atoms with van der Waals surface area (Å²) in [5.74, 6) is 0.993. The quantitative estimate of drug-likeness (QED) is 0.870. The number of rotatable bonds is 3. The third-order valence-electron chi connectivity index (χ3n) is 5.07. The van der Waals surface area contributed by atoms with Crippen LogP contribution in [0.2, 0.25) is 0 Å². The van der Waals surface area contributed by atoms with Crippen LogP contribution in [0.25, 0.3) is 0 Å². The van der Waals surface area contributed by atoms with E-state index in [9.17, 15) is 0 Å². The summed E-state index contributed by atoms with van der Waals surface area (Å²) in [7, 11) is 0. The maximum Gasteiger partial charge on any atom is 0.129 e. The molecule has 0 aliphatic carbocycles. The van der Waals surface area contributed by atoms with E-state index in [2.05, 4.69) is 31.1 Å². The van der Waals surface area contributed by atoms with Gasteiger partial charge in [-0.05, 0) is 36.8 Å². The van der Waals surface area contributed by atoms with Crippen molar-refractivity contribution in [2.45, 2.75) is 38.3 Å². The number of likely N-dealkylation sites (tertiary alicyclic amines) is 1. The molecule has 0 atom stereocenters. The first-order valence-electron chi connectivity index (χ1n) is 8.04. The van der Waals surface area contributed by atoms with Crippen molar-refractivity contribution in [3.8, 4) is 0 Å². The summed E-state index contributed by atoms with van der Waals surface area (Å²) in [6.45, 7) is 7.13. The zero-order chi connectivity index (χ0) is 15.0. The average molecular weight is 318 g/mol. The predicted molar refractivity (Wildman–Crippen MR) is 86.1 cm³/mol. The highest BCUT2D eigenvalue weighted by atomic mass is 32.1. The van der Waals surface area contributed by atoms with E-state index >= 15 is 0 Å². The van der Waals surface area contributed by atoms with Gasteiger partial charge in [0.2, 0.25) is 0 Å². The topological polar surface area (TPSA) is 43.2 Å². The molecule has 6 heteroatoms. The van der Waals surface area contributed by atoms with Gasteiger partial charge < -0.3 is 14.2 Å². The zero-order valence-corrected chi connectivity index (χ0v) is 13.8. The lowest BCUT2D eigenvalue weighted by molar-refractivity contribution is -0.0972. The number of thiophene rings is 1. The molecule has 2 aromatic heterocycles. The number of piperidine rings is 1. The number of aromatic nitrogens is 3. The largest absolute Gasteiger partial charge is 0.370 e. The Morgan fingerprint density at radius 3 is 2.95 bits per heavy atom. The second-order valence-electron chi connectivity index (χ2n) is 6.26. The lowest BCUT2D eigenvalue weighted by Crippen LogP contribution is -2.46. The first-order chi connectivity index (χ1) is 10.8. The fraction of sp³-hybridized carbons (Fsp3) is 0.625. The van der Waals surface area contributed by atoms with E-state index in [-0.39, 0.29) is 5.60 Å². The van der Waals surface area contributed by atoms with Gasteiger partial charge in [0.15, 0.2) is 0 Å². The highest BCUT2D eigenvalue weighted by molar-refractivity contribution is 7.10.